The molecule has 2 aromatic heterocycles. The Bertz CT molecular complexity index is 1190. The topological polar surface area (TPSA) is 194 Å². The predicted molar refractivity (Wildman–Crippen MR) is 125 cm³/mol. The number of aromatic nitrogens is 3. The summed E-state index contributed by atoms with van der Waals surface area (Å²) in [5.41, 5.74) is 11.2. The van der Waals surface area contributed by atoms with E-state index in [1.54, 1.807) is 17.0 Å². The zero-order valence-corrected chi connectivity index (χ0v) is 19.0. The smallest absolute Gasteiger partial charge is 0.302 e. The number of anilines is 3. The van der Waals surface area contributed by atoms with E-state index >= 15 is 0 Å². The van der Waals surface area contributed by atoms with Gasteiger partial charge in [0.1, 0.15) is 5.82 Å². The summed E-state index contributed by atoms with van der Waals surface area (Å²) < 4.78 is 0. The van der Waals surface area contributed by atoms with Gasteiger partial charge in [-0.05, 0) is 25.0 Å². The summed E-state index contributed by atoms with van der Waals surface area (Å²) in [4.78, 5) is 54.1. The third-order valence-corrected chi connectivity index (χ3v) is 5.90. The van der Waals surface area contributed by atoms with Crippen molar-refractivity contribution in [3.63, 3.8) is 0 Å². The summed E-state index contributed by atoms with van der Waals surface area (Å²) in [6.45, 7) is 2.91. The molecule has 0 saturated carbocycles. The number of likely N-dealkylation sites (tertiary alicyclic amines) is 1. The van der Waals surface area contributed by atoms with E-state index in [4.69, 9.17) is 23.1 Å². The number of nitrogens with zero attached hydrogens (tertiary/aromatic N) is 5. The number of rotatable bonds is 3. The van der Waals surface area contributed by atoms with E-state index in [0.29, 0.717) is 43.9 Å². The molecule has 2 saturated heterocycles. The van der Waals surface area contributed by atoms with Gasteiger partial charge < -0.3 is 32.3 Å². The van der Waals surface area contributed by atoms with Crippen molar-refractivity contribution in [2.45, 2.75) is 25.3 Å². The first kappa shape index (κ1) is 23.2. The monoisotopic (exact) mass is 486 g/mol. The lowest BCUT2D eigenvalue weighted by atomic mass is 9.88. The van der Waals surface area contributed by atoms with Gasteiger partial charge in [0.2, 0.25) is 5.91 Å². The molecule has 0 aliphatic carbocycles. The van der Waals surface area contributed by atoms with Gasteiger partial charge in [-0.15, -0.1) is 0 Å². The number of hydrogen-bond acceptors (Lipinski definition) is 8. The third-order valence-electron chi connectivity index (χ3n) is 5.62. The van der Waals surface area contributed by atoms with E-state index in [-0.39, 0.29) is 45.8 Å². The summed E-state index contributed by atoms with van der Waals surface area (Å²) in [5.74, 6) is -0.735. The first-order valence-corrected chi connectivity index (χ1v) is 10.8. The molecule has 0 unspecified atom stereocenters. The van der Waals surface area contributed by atoms with Gasteiger partial charge in [-0.1, -0.05) is 11.6 Å². The van der Waals surface area contributed by atoms with Gasteiger partial charge in [0.05, 0.1) is 5.54 Å². The molecule has 0 bridgehead atoms. The van der Waals surface area contributed by atoms with Crippen LogP contribution in [-0.4, -0.2) is 68.7 Å². The summed E-state index contributed by atoms with van der Waals surface area (Å²) >= 11 is 5.84. The van der Waals surface area contributed by atoms with E-state index in [1.807, 2.05) is 0 Å². The van der Waals surface area contributed by atoms with Crippen molar-refractivity contribution in [3.8, 4) is 0 Å². The highest BCUT2D eigenvalue weighted by molar-refractivity contribution is 6.31. The van der Waals surface area contributed by atoms with E-state index in [2.05, 4.69) is 35.9 Å². The molecular weight excluding hydrogens is 464 g/mol. The Kier molecular flexibility index (Phi) is 6.20. The fourth-order valence-corrected chi connectivity index (χ4v) is 3.97. The van der Waals surface area contributed by atoms with Gasteiger partial charge in [0.25, 0.3) is 5.91 Å². The quantitative estimate of drug-likeness (QED) is 0.394. The fraction of sp³-hybridized carbons (Fsp3) is 0.350. The molecule has 2 fully saturated rings. The number of amides is 3. The number of nitrogens with two attached hydrogens (primary N) is 2. The van der Waals surface area contributed by atoms with Crippen LogP contribution in [0.15, 0.2) is 23.3 Å². The van der Waals surface area contributed by atoms with E-state index < -0.39 is 5.91 Å². The Hall–Kier alpha value is -4.00. The molecule has 3 amide bonds. The second-order valence-electron chi connectivity index (χ2n) is 8.06. The number of carbonyl (C=O) groups excluding carboxylic acids is 3. The van der Waals surface area contributed by atoms with E-state index in [1.165, 1.54) is 13.1 Å². The number of nitrogens with one attached hydrogen (secondary N) is 3. The van der Waals surface area contributed by atoms with Crippen LogP contribution in [0.25, 0.3) is 0 Å². The summed E-state index contributed by atoms with van der Waals surface area (Å²) in [6, 6.07) is 3.17. The minimum atomic E-state index is -0.709. The van der Waals surface area contributed by atoms with Gasteiger partial charge in [-0.2, -0.15) is 4.99 Å². The van der Waals surface area contributed by atoms with Crippen LogP contribution in [0.4, 0.5) is 17.5 Å². The lowest BCUT2D eigenvalue weighted by molar-refractivity contribution is -0.114. The molecule has 4 heterocycles. The van der Waals surface area contributed by atoms with Crippen molar-refractivity contribution in [1.82, 2.24) is 30.5 Å². The molecule has 2 aliphatic rings. The molecule has 13 nitrogen and oxygen atoms in total. The molecule has 2 aliphatic heterocycles. The summed E-state index contributed by atoms with van der Waals surface area (Å²) in [5, 5.41) is 8.79. The van der Waals surface area contributed by atoms with Gasteiger partial charge in [0, 0.05) is 38.3 Å². The number of nitrogen functional groups attached to an aromatic ring is 2. The molecule has 0 aromatic carbocycles. The molecule has 178 valence electrons. The van der Waals surface area contributed by atoms with E-state index in [9.17, 15) is 14.4 Å². The Morgan fingerprint density at radius 1 is 1.21 bits per heavy atom. The predicted octanol–water partition coefficient (Wildman–Crippen LogP) is 0.0118. The average molecular weight is 487 g/mol. The minimum Gasteiger partial charge on any atom is -0.382 e. The molecule has 0 atom stereocenters. The average Bonchev–Trinajstić information content (AvgIpc) is 3.17. The van der Waals surface area contributed by atoms with Gasteiger partial charge >= 0.3 is 5.91 Å². The Labute approximate surface area is 199 Å². The standard InChI is InChI=1S/C20H23ClN10O3/c1-10(32)26-12-8-11(2-5-24-12)18(34)31-6-3-20(4-7-31)9-25-19(30-20)29-17(33)13-15(22)28-16(23)14(21)27-13/h2,5,8H,3-4,6-7,9H2,1H3,(H4,22,23,28)(H,24,26,32)(H2,25,29,30,33). The first-order valence-electron chi connectivity index (χ1n) is 10.4. The zero-order chi connectivity index (χ0) is 24.5. The van der Waals surface area contributed by atoms with Crippen molar-refractivity contribution in [2.75, 3.05) is 36.4 Å². The lowest BCUT2D eigenvalue weighted by Crippen LogP contribution is -2.53. The first-order chi connectivity index (χ1) is 16.2. The van der Waals surface area contributed by atoms with Crippen LogP contribution in [0.1, 0.15) is 40.6 Å². The molecule has 2 aromatic rings. The van der Waals surface area contributed by atoms with Gasteiger partial charge in [-0.25, -0.2) is 15.0 Å². The number of carbonyl (C=O) groups is 3. The zero-order valence-electron chi connectivity index (χ0n) is 18.3. The van der Waals surface area contributed by atoms with Crippen LogP contribution in [-0.2, 0) is 4.79 Å². The van der Waals surface area contributed by atoms with Crippen molar-refractivity contribution >= 4 is 52.7 Å². The molecule has 34 heavy (non-hydrogen) atoms. The molecule has 4 rings (SSSR count). The molecular formula is C20H23ClN10O3. The van der Waals surface area contributed by atoms with Crippen molar-refractivity contribution < 1.29 is 14.4 Å². The Morgan fingerprint density at radius 3 is 2.65 bits per heavy atom. The number of pyridine rings is 1. The Morgan fingerprint density at radius 2 is 1.94 bits per heavy atom. The van der Waals surface area contributed by atoms with Crippen molar-refractivity contribution in [1.29, 1.82) is 0 Å². The van der Waals surface area contributed by atoms with Crippen LogP contribution in [0.3, 0.4) is 0 Å². The fourth-order valence-electron chi connectivity index (χ4n) is 3.85. The van der Waals surface area contributed by atoms with Crippen molar-refractivity contribution in [2.24, 2.45) is 4.99 Å². The highest BCUT2D eigenvalue weighted by atomic mass is 35.5. The number of aliphatic imine (C=N–C) groups is 1. The molecule has 0 radical (unpaired) electrons. The second kappa shape index (κ2) is 9.09. The normalized spacial score (nSPS) is 17.8. The molecule has 1 spiro atoms. The van der Waals surface area contributed by atoms with Crippen LogP contribution in [0.5, 0.6) is 0 Å². The lowest BCUT2D eigenvalue weighted by Gasteiger charge is -2.38. The highest BCUT2D eigenvalue weighted by Crippen LogP contribution is 2.26. The summed E-state index contributed by atoms with van der Waals surface area (Å²) in [7, 11) is 0. The van der Waals surface area contributed by atoms with Crippen LogP contribution in [0.2, 0.25) is 5.15 Å². The maximum absolute atomic E-state index is 12.9. The maximum atomic E-state index is 12.9. The van der Waals surface area contributed by atoms with Gasteiger partial charge in [0.15, 0.2) is 28.4 Å². The maximum Gasteiger partial charge on any atom is 0.302 e. The third kappa shape index (κ3) is 4.83. The van der Waals surface area contributed by atoms with Crippen molar-refractivity contribution in [3.05, 3.63) is 34.7 Å². The van der Waals surface area contributed by atoms with Crippen LogP contribution in [0, 0.1) is 0 Å². The highest BCUT2D eigenvalue weighted by Gasteiger charge is 2.41. The molecule has 14 heteroatoms. The largest absolute Gasteiger partial charge is 0.382 e. The second-order valence-corrected chi connectivity index (χ2v) is 8.42. The number of hydrogen-bond donors (Lipinski definition) is 5. The van der Waals surface area contributed by atoms with Gasteiger partial charge in [-0.3, -0.25) is 14.4 Å². The minimum absolute atomic E-state index is 0.0705. The number of piperidine rings is 1. The SMILES string of the molecule is CC(=O)Nc1cc(C(=O)N2CCC3(CC2)CN/C(=N\C(=O)c2nc(Cl)c(N)nc2N)N3)ccn1. The summed E-state index contributed by atoms with van der Waals surface area (Å²) in [6.07, 6.45) is 2.76. The molecule has 7 N–H and O–H groups in total. The number of halogens is 1. The van der Waals surface area contributed by atoms with E-state index in [0.717, 1.165) is 0 Å². The Balaban J connectivity index is 1.39. The van der Waals surface area contributed by atoms with Crippen LogP contribution < -0.4 is 27.4 Å². The van der Waals surface area contributed by atoms with Crippen LogP contribution >= 0.6 is 11.6 Å². The number of guanidine groups is 1.